The van der Waals surface area contributed by atoms with Crippen LogP contribution >= 0.6 is 24.8 Å². The average Bonchev–Trinajstić information content (AvgIpc) is 3.03. The lowest BCUT2D eigenvalue weighted by molar-refractivity contribution is -0.143. The van der Waals surface area contributed by atoms with Crippen LogP contribution in [0.15, 0.2) is 0 Å². The first-order valence-corrected chi connectivity index (χ1v) is 10.0. The highest BCUT2D eigenvalue weighted by Gasteiger charge is 2.39. The third-order valence-electron chi connectivity index (χ3n) is 6.00. The zero-order valence-electron chi connectivity index (χ0n) is 17.6. The fourth-order valence-corrected chi connectivity index (χ4v) is 4.31. The Kier molecular flexibility index (Phi) is 9.67. The van der Waals surface area contributed by atoms with E-state index >= 15 is 0 Å². The number of nitrogens with zero attached hydrogens (tertiary/aromatic N) is 5. The van der Waals surface area contributed by atoms with Gasteiger partial charge in [-0.3, -0.25) is 4.79 Å². The van der Waals surface area contributed by atoms with E-state index in [2.05, 4.69) is 57.8 Å². The summed E-state index contributed by atoms with van der Waals surface area (Å²) in [6, 6.07) is 0. The van der Waals surface area contributed by atoms with E-state index in [9.17, 15) is 4.79 Å². The molecule has 0 radical (unpaired) electrons. The quantitative estimate of drug-likeness (QED) is 0.769. The summed E-state index contributed by atoms with van der Waals surface area (Å²) in [5, 5.41) is 12.3. The smallest absolute Gasteiger partial charge is 0.228 e. The molecule has 2 saturated heterocycles. The van der Waals surface area contributed by atoms with E-state index in [1.54, 1.807) is 0 Å². The molecule has 1 aromatic rings. The van der Waals surface area contributed by atoms with Gasteiger partial charge in [-0.15, -0.1) is 35.0 Å². The molecule has 0 aromatic carbocycles. The molecular weight excluding hydrogens is 399 g/mol. The van der Waals surface area contributed by atoms with Crippen LogP contribution in [0, 0.1) is 5.41 Å². The number of carbonyl (C=O) groups is 1. The van der Waals surface area contributed by atoms with Gasteiger partial charge in [-0.2, -0.15) is 0 Å². The Balaban J connectivity index is 0.00000196. The van der Waals surface area contributed by atoms with Crippen molar-refractivity contribution in [3.8, 4) is 0 Å². The van der Waals surface area contributed by atoms with Crippen molar-refractivity contribution < 1.29 is 4.79 Å². The SMILES string of the molecule is CCn1c(CN(C)C)nnc1C1CCN(C(=O)C2(C)CCNCC2)CC1.Cl.Cl. The number of hydrogen-bond acceptors (Lipinski definition) is 5. The van der Waals surface area contributed by atoms with Gasteiger partial charge in [0.1, 0.15) is 11.6 Å². The average molecular weight is 435 g/mol. The van der Waals surface area contributed by atoms with Crippen LogP contribution in [-0.4, -0.2) is 70.7 Å². The highest BCUT2D eigenvalue weighted by Crippen LogP contribution is 2.34. The second kappa shape index (κ2) is 10.8. The number of piperidine rings is 2. The largest absolute Gasteiger partial charge is 0.342 e. The van der Waals surface area contributed by atoms with E-state index in [0.29, 0.717) is 11.8 Å². The maximum absolute atomic E-state index is 13.0. The van der Waals surface area contributed by atoms with E-state index in [0.717, 1.165) is 76.6 Å². The molecule has 0 atom stereocenters. The molecular formula is C19H36Cl2N6O. The van der Waals surface area contributed by atoms with Crippen LogP contribution in [0.3, 0.4) is 0 Å². The zero-order valence-corrected chi connectivity index (χ0v) is 19.2. The molecule has 1 aromatic heterocycles. The summed E-state index contributed by atoms with van der Waals surface area (Å²) in [6.45, 7) is 9.59. The van der Waals surface area contributed by atoms with Gasteiger partial charge in [-0.25, -0.2) is 0 Å². The van der Waals surface area contributed by atoms with Crippen molar-refractivity contribution in [1.29, 1.82) is 0 Å². The first kappa shape index (κ1) is 25.1. The highest BCUT2D eigenvalue weighted by molar-refractivity contribution is 5.85. The van der Waals surface area contributed by atoms with E-state index in [1.165, 1.54) is 0 Å². The molecule has 0 spiro atoms. The van der Waals surface area contributed by atoms with Crippen LogP contribution < -0.4 is 5.32 Å². The van der Waals surface area contributed by atoms with Crippen LogP contribution in [-0.2, 0) is 17.9 Å². The lowest BCUT2D eigenvalue weighted by Gasteiger charge is -2.40. The molecule has 28 heavy (non-hydrogen) atoms. The molecule has 2 fully saturated rings. The minimum absolute atomic E-state index is 0. The molecule has 3 heterocycles. The topological polar surface area (TPSA) is 66.3 Å². The summed E-state index contributed by atoms with van der Waals surface area (Å²) in [5.74, 6) is 2.89. The van der Waals surface area contributed by atoms with Gasteiger partial charge in [0.25, 0.3) is 0 Å². The Hall–Kier alpha value is -0.890. The molecule has 162 valence electrons. The van der Waals surface area contributed by atoms with E-state index < -0.39 is 0 Å². The Morgan fingerprint density at radius 3 is 2.32 bits per heavy atom. The van der Waals surface area contributed by atoms with Crippen LogP contribution in [0.5, 0.6) is 0 Å². The van der Waals surface area contributed by atoms with Gasteiger partial charge in [-0.05, 0) is 59.8 Å². The highest BCUT2D eigenvalue weighted by atomic mass is 35.5. The Morgan fingerprint density at radius 2 is 1.79 bits per heavy atom. The molecule has 9 heteroatoms. The van der Waals surface area contributed by atoms with E-state index in [-0.39, 0.29) is 30.2 Å². The fourth-order valence-electron chi connectivity index (χ4n) is 4.31. The fraction of sp³-hybridized carbons (Fsp3) is 0.842. The molecule has 0 bridgehead atoms. The second-order valence-corrected chi connectivity index (χ2v) is 8.33. The Bertz CT molecular complexity index is 622. The van der Waals surface area contributed by atoms with Crippen LogP contribution in [0.25, 0.3) is 0 Å². The number of nitrogens with one attached hydrogen (secondary N) is 1. The van der Waals surface area contributed by atoms with Crippen LogP contribution in [0.1, 0.15) is 57.1 Å². The lowest BCUT2D eigenvalue weighted by Crippen LogP contribution is -2.49. The van der Waals surface area contributed by atoms with Gasteiger partial charge < -0.3 is 19.7 Å². The molecule has 1 amide bonds. The van der Waals surface area contributed by atoms with Crippen molar-refractivity contribution in [2.24, 2.45) is 5.41 Å². The third kappa shape index (κ3) is 5.38. The van der Waals surface area contributed by atoms with E-state index in [4.69, 9.17) is 0 Å². The molecule has 0 saturated carbocycles. The summed E-state index contributed by atoms with van der Waals surface area (Å²) >= 11 is 0. The van der Waals surface area contributed by atoms with Gasteiger partial charge in [0.05, 0.1) is 6.54 Å². The molecule has 0 unspecified atom stereocenters. The van der Waals surface area contributed by atoms with Crippen molar-refractivity contribution in [3.05, 3.63) is 11.6 Å². The minimum atomic E-state index is -0.180. The van der Waals surface area contributed by atoms with Crippen molar-refractivity contribution in [1.82, 2.24) is 29.9 Å². The number of hydrogen-bond donors (Lipinski definition) is 1. The van der Waals surface area contributed by atoms with Gasteiger partial charge in [0.15, 0.2) is 0 Å². The lowest BCUT2D eigenvalue weighted by atomic mass is 9.79. The number of aromatic nitrogens is 3. The molecule has 3 rings (SSSR count). The maximum atomic E-state index is 13.0. The maximum Gasteiger partial charge on any atom is 0.228 e. The van der Waals surface area contributed by atoms with Crippen molar-refractivity contribution in [2.45, 2.75) is 58.5 Å². The molecule has 2 aliphatic rings. The zero-order chi connectivity index (χ0) is 18.7. The van der Waals surface area contributed by atoms with Crippen LogP contribution in [0.4, 0.5) is 0 Å². The number of carbonyl (C=O) groups excluding carboxylic acids is 1. The second-order valence-electron chi connectivity index (χ2n) is 8.33. The predicted molar refractivity (Wildman–Crippen MR) is 116 cm³/mol. The molecule has 2 aliphatic heterocycles. The van der Waals surface area contributed by atoms with Gasteiger partial charge in [-0.1, -0.05) is 6.92 Å². The Morgan fingerprint density at radius 1 is 1.18 bits per heavy atom. The summed E-state index contributed by atoms with van der Waals surface area (Å²) in [6.07, 6.45) is 3.87. The summed E-state index contributed by atoms with van der Waals surface area (Å²) in [7, 11) is 4.11. The molecule has 1 N–H and O–H groups in total. The molecule has 7 nitrogen and oxygen atoms in total. The monoisotopic (exact) mass is 434 g/mol. The predicted octanol–water partition coefficient (Wildman–Crippen LogP) is 2.30. The minimum Gasteiger partial charge on any atom is -0.342 e. The van der Waals surface area contributed by atoms with Gasteiger partial charge in [0.2, 0.25) is 5.91 Å². The van der Waals surface area contributed by atoms with Crippen molar-refractivity contribution >= 4 is 30.7 Å². The van der Waals surface area contributed by atoms with Crippen LogP contribution in [0.2, 0.25) is 0 Å². The van der Waals surface area contributed by atoms with E-state index in [1.807, 2.05) is 0 Å². The standard InChI is InChI=1S/C19H34N6O.2ClH/c1-5-25-16(14-23(3)4)21-22-17(25)15-6-12-24(13-7-15)18(26)19(2)8-10-20-11-9-19;;/h15,20H,5-14H2,1-4H3;2*1H. The summed E-state index contributed by atoms with van der Waals surface area (Å²) < 4.78 is 2.26. The van der Waals surface area contributed by atoms with Gasteiger partial charge in [0, 0.05) is 31.0 Å². The van der Waals surface area contributed by atoms with Crippen molar-refractivity contribution in [2.75, 3.05) is 40.3 Å². The first-order chi connectivity index (χ1) is 12.4. The summed E-state index contributed by atoms with van der Waals surface area (Å²) in [4.78, 5) is 17.2. The Labute approximate surface area is 181 Å². The normalized spacial score (nSPS) is 19.8. The van der Waals surface area contributed by atoms with Crippen molar-refractivity contribution in [3.63, 3.8) is 0 Å². The number of rotatable bonds is 5. The number of amides is 1. The van der Waals surface area contributed by atoms with Gasteiger partial charge >= 0.3 is 0 Å². The molecule has 0 aliphatic carbocycles. The number of likely N-dealkylation sites (tertiary alicyclic amines) is 1. The first-order valence-electron chi connectivity index (χ1n) is 10.0. The third-order valence-corrected chi connectivity index (χ3v) is 6.00. The number of halogens is 2. The summed E-state index contributed by atoms with van der Waals surface area (Å²) in [5.41, 5.74) is -0.180.